The smallest absolute Gasteiger partial charge is 0.0361 e. The SMILES string of the molecule is Brc1cccc(-c2cccc3sc4ccccc4c23)c1. The van der Waals surface area contributed by atoms with Crippen molar-refractivity contribution in [3.63, 3.8) is 0 Å². The van der Waals surface area contributed by atoms with Gasteiger partial charge in [-0.05, 0) is 35.4 Å². The Balaban J connectivity index is 2.14. The Morgan fingerprint density at radius 2 is 1.55 bits per heavy atom. The van der Waals surface area contributed by atoms with Crippen LogP contribution in [0.5, 0.6) is 0 Å². The van der Waals surface area contributed by atoms with Crippen molar-refractivity contribution >= 4 is 47.4 Å². The van der Waals surface area contributed by atoms with E-state index in [4.69, 9.17) is 0 Å². The highest BCUT2D eigenvalue weighted by atomic mass is 79.9. The Bertz CT molecular complexity index is 921. The van der Waals surface area contributed by atoms with Gasteiger partial charge in [-0.1, -0.05) is 58.4 Å². The Kier molecular flexibility index (Phi) is 2.86. The van der Waals surface area contributed by atoms with E-state index >= 15 is 0 Å². The van der Waals surface area contributed by atoms with Crippen LogP contribution in [-0.2, 0) is 0 Å². The summed E-state index contributed by atoms with van der Waals surface area (Å²) >= 11 is 5.43. The molecule has 0 nitrogen and oxygen atoms in total. The second kappa shape index (κ2) is 4.72. The molecule has 0 radical (unpaired) electrons. The van der Waals surface area contributed by atoms with Crippen molar-refractivity contribution in [3.8, 4) is 11.1 Å². The number of fused-ring (bicyclic) bond motifs is 3. The van der Waals surface area contributed by atoms with E-state index in [0.717, 1.165) is 4.47 Å². The Morgan fingerprint density at radius 3 is 2.45 bits per heavy atom. The lowest BCUT2D eigenvalue weighted by Gasteiger charge is -2.05. The molecule has 0 saturated heterocycles. The summed E-state index contributed by atoms with van der Waals surface area (Å²) in [5, 5.41) is 2.72. The molecule has 0 N–H and O–H groups in total. The average Bonchev–Trinajstić information content (AvgIpc) is 2.85. The Labute approximate surface area is 129 Å². The van der Waals surface area contributed by atoms with Crippen molar-refractivity contribution in [2.45, 2.75) is 0 Å². The number of halogens is 1. The van der Waals surface area contributed by atoms with Gasteiger partial charge in [0.2, 0.25) is 0 Å². The van der Waals surface area contributed by atoms with Crippen molar-refractivity contribution < 1.29 is 0 Å². The second-order valence-corrected chi connectivity index (χ2v) is 6.79. The van der Waals surface area contributed by atoms with E-state index < -0.39 is 0 Å². The molecular weight excluding hydrogens is 328 g/mol. The monoisotopic (exact) mass is 338 g/mol. The van der Waals surface area contributed by atoms with Crippen LogP contribution in [0.2, 0.25) is 0 Å². The van der Waals surface area contributed by atoms with Crippen LogP contribution in [0.3, 0.4) is 0 Å². The van der Waals surface area contributed by atoms with E-state index in [9.17, 15) is 0 Å². The minimum atomic E-state index is 1.12. The van der Waals surface area contributed by atoms with Crippen molar-refractivity contribution in [2.24, 2.45) is 0 Å². The van der Waals surface area contributed by atoms with Crippen LogP contribution in [-0.4, -0.2) is 0 Å². The fraction of sp³-hybridized carbons (Fsp3) is 0. The van der Waals surface area contributed by atoms with Crippen molar-refractivity contribution in [1.29, 1.82) is 0 Å². The van der Waals surface area contributed by atoms with Crippen LogP contribution in [0.25, 0.3) is 31.3 Å². The average molecular weight is 339 g/mol. The molecule has 4 aromatic rings. The molecule has 1 heterocycles. The zero-order chi connectivity index (χ0) is 13.5. The van der Waals surface area contributed by atoms with Gasteiger partial charge in [-0.2, -0.15) is 0 Å². The van der Waals surface area contributed by atoms with E-state index in [2.05, 4.69) is 82.7 Å². The van der Waals surface area contributed by atoms with Gasteiger partial charge in [-0.15, -0.1) is 11.3 Å². The molecule has 0 aliphatic carbocycles. The van der Waals surface area contributed by atoms with Crippen LogP contribution < -0.4 is 0 Å². The molecule has 0 bridgehead atoms. The zero-order valence-corrected chi connectivity index (χ0v) is 13.0. The lowest BCUT2D eigenvalue weighted by atomic mass is 10.00. The van der Waals surface area contributed by atoms with Crippen molar-refractivity contribution in [1.82, 2.24) is 0 Å². The van der Waals surface area contributed by atoms with Crippen LogP contribution in [0, 0.1) is 0 Å². The minimum Gasteiger partial charge on any atom is -0.135 e. The molecule has 0 saturated carbocycles. The van der Waals surface area contributed by atoms with E-state index in [1.807, 2.05) is 11.3 Å². The molecule has 0 fully saturated rings. The van der Waals surface area contributed by atoms with E-state index in [1.54, 1.807) is 0 Å². The predicted octanol–water partition coefficient (Wildman–Crippen LogP) is 6.48. The molecule has 4 rings (SSSR count). The van der Waals surface area contributed by atoms with Crippen LogP contribution in [0.15, 0.2) is 71.2 Å². The number of thiophene rings is 1. The fourth-order valence-electron chi connectivity index (χ4n) is 2.67. The van der Waals surface area contributed by atoms with E-state index in [0.29, 0.717) is 0 Å². The molecule has 0 aliphatic heterocycles. The highest BCUT2D eigenvalue weighted by Gasteiger charge is 2.10. The highest BCUT2D eigenvalue weighted by Crippen LogP contribution is 2.40. The first-order valence-corrected chi connectivity index (χ1v) is 8.10. The van der Waals surface area contributed by atoms with Crippen LogP contribution in [0.1, 0.15) is 0 Å². The first kappa shape index (κ1) is 12.1. The number of benzene rings is 3. The maximum absolute atomic E-state index is 3.57. The maximum atomic E-state index is 3.57. The predicted molar refractivity (Wildman–Crippen MR) is 92.5 cm³/mol. The molecule has 2 heteroatoms. The summed E-state index contributed by atoms with van der Waals surface area (Å²) < 4.78 is 3.82. The van der Waals surface area contributed by atoms with Crippen molar-refractivity contribution in [2.75, 3.05) is 0 Å². The first-order valence-electron chi connectivity index (χ1n) is 6.49. The second-order valence-electron chi connectivity index (χ2n) is 4.79. The zero-order valence-electron chi connectivity index (χ0n) is 10.6. The van der Waals surface area contributed by atoms with Gasteiger partial charge >= 0.3 is 0 Å². The van der Waals surface area contributed by atoms with Gasteiger partial charge in [-0.3, -0.25) is 0 Å². The molecular formula is C18H11BrS. The summed E-state index contributed by atoms with van der Waals surface area (Å²) in [4.78, 5) is 0. The topological polar surface area (TPSA) is 0 Å². The van der Waals surface area contributed by atoms with Gasteiger partial charge in [0.15, 0.2) is 0 Å². The number of hydrogen-bond donors (Lipinski definition) is 0. The third-order valence-electron chi connectivity index (χ3n) is 3.54. The summed E-state index contributed by atoms with van der Waals surface area (Å²) in [5.74, 6) is 0. The Hall–Kier alpha value is -1.64. The normalized spacial score (nSPS) is 11.2. The van der Waals surface area contributed by atoms with Crippen LogP contribution in [0.4, 0.5) is 0 Å². The molecule has 0 atom stereocenters. The molecule has 3 aromatic carbocycles. The lowest BCUT2D eigenvalue weighted by Crippen LogP contribution is -1.79. The Morgan fingerprint density at radius 1 is 0.750 bits per heavy atom. The van der Waals surface area contributed by atoms with E-state index in [1.165, 1.54) is 31.3 Å². The third kappa shape index (κ3) is 1.88. The van der Waals surface area contributed by atoms with Gasteiger partial charge in [0.05, 0.1) is 0 Å². The van der Waals surface area contributed by atoms with E-state index in [-0.39, 0.29) is 0 Å². The molecule has 0 aliphatic rings. The maximum Gasteiger partial charge on any atom is 0.0361 e. The standard InChI is InChI=1S/C18H11BrS/c19-13-6-3-5-12(11-13)14-8-4-10-17-18(14)15-7-1-2-9-16(15)20-17/h1-11H. The first-order chi connectivity index (χ1) is 9.83. The van der Waals surface area contributed by atoms with Crippen LogP contribution >= 0.6 is 27.3 Å². The van der Waals surface area contributed by atoms with Gasteiger partial charge in [0.1, 0.15) is 0 Å². The fourth-order valence-corrected chi connectivity index (χ4v) is 4.20. The molecule has 0 unspecified atom stereocenters. The number of hydrogen-bond acceptors (Lipinski definition) is 1. The summed E-state index contributed by atoms with van der Waals surface area (Å²) in [6.07, 6.45) is 0. The molecule has 0 spiro atoms. The molecule has 20 heavy (non-hydrogen) atoms. The van der Waals surface area contributed by atoms with Crippen molar-refractivity contribution in [3.05, 3.63) is 71.2 Å². The molecule has 0 amide bonds. The van der Waals surface area contributed by atoms with Gasteiger partial charge in [0, 0.05) is 24.6 Å². The molecule has 1 aromatic heterocycles. The van der Waals surface area contributed by atoms with Gasteiger partial charge in [0.25, 0.3) is 0 Å². The summed E-state index contributed by atoms with van der Waals surface area (Å²) in [7, 11) is 0. The number of rotatable bonds is 1. The van der Waals surface area contributed by atoms with Gasteiger partial charge < -0.3 is 0 Å². The summed E-state index contributed by atoms with van der Waals surface area (Å²) in [5.41, 5.74) is 2.56. The summed E-state index contributed by atoms with van der Waals surface area (Å²) in [6, 6.07) is 23.7. The quantitative estimate of drug-likeness (QED) is 0.372. The lowest BCUT2D eigenvalue weighted by molar-refractivity contribution is 1.63. The summed E-state index contributed by atoms with van der Waals surface area (Å²) in [6.45, 7) is 0. The largest absolute Gasteiger partial charge is 0.135 e. The molecule has 96 valence electrons. The van der Waals surface area contributed by atoms with Gasteiger partial charge in [-0.25, -0.2) is 0 Å². The third-order valence-corrected chi connectivity index (χ3v) is 5.17. The highest BCUT2D eigenvalue weighted by molar-refractivity contribution is 9.10. The minimum absolute atomic E-state index is 1.12.